The number of ketones is 1. The number of carbonyl (C=O) groups excluding carboxylic acids is 1. The van der Waals surface area contributed by atoms with E-state index in [-0.39, 0.29) is 17.0 Å². The van der Waals surface area contributed by atoms with E-state index < -0.39 is 9.75 Å². The van der Waals surface area contributed by atoms with Crippen molar-refractivity contribution < 1.29 is 14.5 Å². The fourth-order valence-electron chi connectivity index (χ4n) is 1.34. The smallest absolute Gasteiger partial charge is 0.283 e. The summed E-state index contributed by atoms with van der Waals surface area (Å²) in [4.78, 5) is 21.6. The molecule has 92 valence electrons. The molecule has 1 aromatic carbocycles. The molecule has 0 aliphatic rings. The lowest BCUT2D eigenvalue weighted by Gasteiger charge is -2.07. The van der Waals surface area contributed by atoms with Gasteiger partial charge in [0.25, 0.3) is 5.69 Å². The first-order chi connectivity index (χ1) is 7.97. The van der Waals surface area contributed by atoms with E-state index in [4.69, 9.17) is 4.74 Å². The number of nitro groups is 1. The van der Waals surface area contributed by atoms with Crippen LogP contribution in [0, 0.1) is 10.1 Å². The molecule has 0 radical (unpaired) electrons. The van der Waals surface area contributed by atoms with Gasteiger partial charge in [-0.1, -0.05) is 15.9 Å². The standard InChI is InChI=1S/C11H12BrNO4/c1-3-17-8-4-5-9(11(14)7(2)12)10(6-8)13(15)16/h4-7H,3H2,1-2H3. The molecule has 17 heavy (non-hydrogen) atoms. The molecular formula is C11H12BrNO4. The molecule has 0 amide bonds. The zero-order chi connectivity index (χ0) is 13.0. The minimum atomic E-state index is -0.578. The van der Waals surface area contributed by atoms with Crippen LogP contribution in [0.25, 0.3) is 0 Å². The van der Waals surface area contributed by atoms with Gasteiger partial charge in [-0.05, 0) is 26.0 Å². The molecule has 1 unspecified atom stereocenters. The van der Waals surface area contributed by atoms with Crippen molar-refractivity contribution in [3.63, 3.8) is 0 Å². The second-order valence-electron chi connectivity index (χ2n) is 3.35. The van der Waals surface area contributed by atoms with E-state index in [0.717, 1.165) is 0 Å². The van der Waals surface area contributed by atoms with Crippen molar-refractivity contribution in [2.75, 3.05) is 6.61 Å². The molecule has 1 atom stereocenters. The quantitative estimate of drug-likeness (QED) is 0.363. The minimum absolute atomic E-state index is 0.0860. The van der Waals surface area contributed by atoms with Crippen LogP contribution in [0.3, 0.4) is 0 Å². The maximum absolute atomic E-state index is 11.7. The summed E-state index contributed by atoms with van der Waals surface area (Å²) in [5.41, 5.74) is -0.143. The van der Waals surface area contributed by atoms with Crippen molar-refractivity contribution in [2.45, 2.75) is 18.7 Å². The lowest BCUT2D eigenvalue weighted by Crippen LogP contribution is -2.12. The first-order valence-corrected chi connectivity index (χ1v) is 5.98. The number of nitrogens with zero attached hydrogens (tertiary/aromatic N) is 1. The van der Waals surface area contributed by atoms with Crippen molar-refractivity contribution in [3.8, 4) is 5.75 Å². The van der Waals surface area contributed by atoms with Crippen LogP contribution in [-0.2, 0) is 0 Å². The van der Waals surface area contributed by atoms with E-state index in [9.17, 15) is 14.9 Å². The predicted octanol–water partition coefficient (Wildman–Crippen LogP) is 2.96. The largest absolute Gasteiger partial charge is 0.494 e. The Bertz CT molecular complexity index is 445. The molecule has 0 N–H and O–H groups in total. The number of ether oxygens (including phenoxy) is 1. The van der Waals surface area contributed by atoms with E-state index >= 15 is 0 Å². The van der Waals surface area contributed by atoms with E-state index in [1.807, 2.05) is 0 Å². The van der Waals surface area contributed by atoms with Gasteiger partial charge in [0.05, 0.1) is 28.0 Å². The highest BCUT2D eigenvalue weighted by Gasteiger charge is 2.23. The summed E-state index contributed by atoms with van der Waals surface area (Å²) in [7, 11) is 0. The Morgan fingerprint density at radius 1 is 1.59 bits per heavy atom. The number of halogens is 1. The van der Waals surface area contributed by atoms with Crippen LogP contribution >= 0.6 is 15.9 Å². The second-order valence-corrected chi connectivity index (χ2v) is 4.72. The fourth-order valence-corrected chi connectivity index (χ4v) is 1.59. The van der Waals surface area contributed by atoms with Gasteiger partial charge in [-0.25, -0.2) is 0 Å². The average Bonchev–Trinajstić information content (AvgIpc) is 2.28. The molecule has 0 aromatic heterocycles. The van der Waals surface area contributed by atoms with Gasteiger partial charge < -0.3 is 4.74 Å². The summed E-state index contributed by atoms with van der Waals surface area (Å²) in [5, 5.41) is 10.9. The first-order valence-electron chi connectivity index (χ1n) is 5.07. The van der Waals surface area contributed by atoms with E-state index in [2.05, 4.69) is 15.9 Å². The van der Waals surface area contributed by atoms with Gasteiger partial charge in [-0.3, -0.25) is 14.9 Å². The Labute approximate surface area is 107 Å². The van der Waals surface area contributed by atoms with Crippen molar-refractivity contribution in [2.24, 2.45) is 0 Å². The minimum Gasteiger partial charge on any atom is -0.494 e. The number of benzene rings is 1. The zero-order valence-electron chi connectivity index (χ0n) is 9.47. The Kier molecular flexibility index (Phi) is 4.62. The Morgan fingerprint density at radius 3 is 2.71 bits per heavy atom. The second kappa shape index (κ2) is 5.77. The van der Waals surface area contributed by atoms with Crippen LogP contribution in [0.15, 0.2) is 18.2 Å². The Balaban J connectivity index is 3.22. The summed E-state index contributed by atoms with van der Waals surface area (Å²) in [6, 6.07) is 4.24. The van der Waals surface area contributed by atoms with Crippen LogP contribution in [0.5, 0.6) is 5.75 Å². The average molecular weight is 302 g/mol. The molecule has 0 aliphatic carbocycles. The number of carbonyl (C=O) groups is 1. The summed E-state index contributed by atoms with van der Waals surface area (Å²) in [5.74, 6) is 0.0673. The molecule has 0 saturated heterocycles. The van der Waals surface area contributed by atoms with Crippen LogP contribution < -0.4 is 4.74 Å². The number of rotatable bonds is 5. The zero-order valence-corrected chi connectivity index (χ0v) is 11.1. The highest BCUT2D eigenvalue weighted by Crippen LogP contribution is 2.26. The number of nitro benzene ring substituents is 1. The number of hydrogen-bond acceptors (Lipinski definition) is 4. The van der Waals surface area contributed by atoms with Crippen molar-refractivity contribution in [3.05, 3.63) is 33.9 Å². The molecule has 0 aliphatic heterocycles. The monoisotopic (exact) mass is 301 g/mol. The summed E-state index contributed by atoms with van der Waals surface area (Å²) >= 11 is 3.11. The molecule has 1 rings (SSSR count). The maximum atomic E-state index is 11.7. The molecule has 0 bridgehead atoms. The molecular weight excluding hydrogens is 290 g/mol. The van der Waals surface area contributed by atoms with Crippen molar-refractivity contribution in [1.29, 1.82) is 0 Å². The van der Waals surface area contributed by atoms with Gasteiger partial charge in [-0.2, -0.15) is 0 Å². The van der Waals surface area contributed by atoms with Crippen LogP contribution in [0.1, 0.15) is 24.2 Å². The Hall–Kier alpha value is -1.43. The normalized spacial score (nSPS) is 11.9. The number of Topliss-reactive ketones (excluding diaryl/α,β-unsaturated/α-hetero) is 1. The molecule has 1 aromatic rings. The third kappa shape index (κ3) is 3.26. The molecule has 0 spiro atoms. The summed E-state index contributed by atoms with van der Waals surface area (Å²) in [6.07, 6.45) is 0. The van der Waals surface area contributed by atoms with Gasteiger partial charge in [0, 0.05) is 0 Å². The highest BCUT2D eigenvalue weighted by molar-refractivity contribution is 9.10. The Morgan fingerprint density at radius 2 is 2.24 bits per heavy atom. The van der Waals surface area contributed by atoms with Crippen LogP contribution in [0.4, 0.5) is 5.69 Å². The third-order valence-electron chi connectivity index (χ3n) is 2.10. The van der Waals surface area contributed by atoms with Gasteiger partial charge in [0.1, 0.15) is 5.75 Å². The molecule has 0 fully saturated rings. The van der Waals surface area contributed by atoms with Gasteiger partial charge >= 0.3 is 0 Å². The van der Waals surface area contributed by atoms with Crippen molar-refractivity contribution in [1.82, 2.24) is 0 Å². The third-order valence-corrected chi connectivity index (χ3v) is 2.52. The topological polar surface area (TPSA) is 69.4 Å². The molecule has 5 nitrogen and oxygen atoms in total. The molecule has 6 heteroatoms. The molecule has 0 heterocycles. The van der Waals surface area contributed by atoms with Crippen LogP contribution in [0.2, 0.25) is 0 Å². The number of alkyl halides is 1. The number of hydrogen-bond donors (Lipinski definition) is 0. The van der Waals surface area contributed by atoms with Crippen molar-refractivity contribution >= 4 is 27.4 Å². The van der Waals surface area contributed by atoms with E-state index in [1.54, 1.807) is 19.9 Å². The summed E-state index contributed by atoms with van der Waals surface area (Å²) in [6.45, 7) is 3.83. The molecule has 0 saturated carbocycles. The van der Waals surface area contributed by atoms with Crippen LogP contribution in [-0.4, -0.2) is 22.1 Å². The maximum Gasteiger partial charge on any atom is 0.283 e. The fraction of sp³-hybridized carbons (Fsp3) is 0.364. The summed E-state index contributed by atoms with van der Waals surface area (Å²) < 4.78 is 5.16. The van der Waals surface area contributed by atoms with Gasteiger partial charge in [0.2, 0.25) is 0 Å². The van der Waals surface area contributed by atoms with Gasteiger partial charge in [-0.15, -0.1) is 0 Å². The van der Waals surface area contributed by atoms with Gasteiger partial charge in [0.15, 0.2) is 5.78 Å². The van der Waals surface area contributed by atoms with E-state index in [1.165, 1.54) is 12.1 Å². The lowest BCUT2D eigenvalue weighted by molar-refractivity contribution is -0.385. The highest BCUT2D eigenvalue weighted by atomic mass is 79.9. The predicted molar refractivity (Wildman–Crippen MR) is 67.0 cm³/mol. The first kappa shape index (κ1) is 13.6. The SMILES string of the molecule is CCOc1ccc(C(=O)C(C)Br)c([N+](=O)[O-])c1. The lowest BCUT2D eigenvalue weighted by atomic mass is 10.1. The van der Waals surface area contributed by atoms with E-state index in [0.29, 0.717) is 12.4 Å².